The number of fused-ring (bicyclic) bond motifs is 1. The number of rotatable bonds is 5. The van der Waals surface area contributed by atoms with Gasteiger partial charge in [0.15, 0.2) is 5.96 Å². The second kappa shape index (κ2) is 9.08. The van der Waals surface area contributed by atoms with Crippen molar-refractivity contribution in [2.75, 3.05) is 5.32 Å². The molecule has 8 heteroatoms. The van der Waals surface area contributed by atoms with Gasteiger partial charge in [-0.25, -0.2) is 15.0 Å². The molecule has 1 heterocycles. The van der Waals surface area contributed by atoms with Crippen LogP contribution in [0.5, 0.6) is 0 Å². The van der Waals surface area contributed by atoms with Crippen molar-refractivity contribution >= 4 is 28.6 Å². The molecule has 3 atom stereocenters. The number of aromatic nitrogens is 2. The summed E-state index contributed by atoms with van der Waals surface area (Å²) in [5.74, 6) is 0.616. The quantitative estimate of drug-likeness (QED) is 0.430. The summed E-state index contributed by atoms with van der Waals surface area (Å²) < 4.78 is 0. The fraction of sp³-hybridized carbons (Fsp3) is 0.565. The predicted molar refractivity (Wildman–Crippen MR) is 126 cm³/mol. The molecule has 3 unspecified atom stereocenters. The lowest BCUT2D eigenvalue weighted by molar-refractivity contribution is 0.0900. The van der Waals surface area contributed by atoms with Crippen molar-refractivity contribution in [3.63, 3.8) is 0 Å². The van der Waals surface area contributed by atoms with Crippen molar-refractivity contribution in [1.82, 2.24) is 15.3 Å². The minimum Gasteiger partial charge on any atom is -0.370 e. The summed E-state index contributed by atoms with van der Waals surface area (Å²) in [7, 11) is 0. The van der Waals surface area contributed by atoms with Gasteiger partial charge >= 0.3 is 0 Å². The van der Waals surface area contributed by atoms with Gasteiger partial charge in [-0.15, -0.1) is 0 Å². The Morgan fingerprint density at radius 3 is 2.58 bits per heavy atom. The standard InChI is InChI=1S/C23H35N7O/c1-13-10-11-16-15(12-13)19(28-17-8-6-7-9-18(17)29-22(24)25)30-20(27-16)21(31)26-14(2)23(3,4)5/h10-12,14,17-18H,6-9H2,1-5H3,(H,26,31)(H4,24,25,29)(H,27,28,30). The maximum atomic E-state index is 12.9. The summed E-state index contributed by atoms with van der Waals surface area (Å²) in [6.45, 7) is 10.3. The highest BCUT2D eigenvalue weighted by atomic mass is 16.2. The number of guanidine groups is 1. The van der Waals surface area contributed by atoms with Gasteiger partial charge in [0.1, 0.15) is 5.82 Å². The molecule has 1 aromatic heterocycles. The number of carbonyl (C=O) groups excluding carboxylic acids is 1. The number of nitrogens with zero attached hydrogens (tertiary/aromatic N) is 3. The number of aryl methyl sites for hydroxylation is 1. The molecule has 1 fully saturated rings. The Balaban J connectivity index is 1.98. The van der Waals surface area contributed by atoms with E-state index in [1.807, 2.05) is 32.0 Å². The smallest absolute Gasteiger partial charge is 0.289 e. The fourth-order valence-electron chi connectivity index (χ4n) is 3.73. The average molecular weight is 426 g/mol. The highest BCUT2D eigenvalue weighted by Crippen LogP contribution is 2.28. The Labute approximate surface area is 184 Å². The second-order valence-corrected chi connectivity index (χ2v) is 9.63. The van der Waals surface area contributed by atoms with Crippen LogP contribution in [-0.2, 0) is 0 Å². The van der Waals surface area contributed by atoms with E-state index in [9.17, 15) is 4.79 Å². The molecule has 0 bridgehead atoms. The van der Waals surface area contributed by atoms with E-state index in [1.54, 1.807) is 0 Å². The van der Waals surface area contributed by atoms with E-state index in [0.29, 0.717) is 5.82 Å². The van der Waals surface area contributed by atoms with Crippen LogP contribution < -0.4 is 22.1 Å². The SMILES string of the molecule is Cc1ccc2nc(C(=O)NC(C)C(C)(C)C)nc(NC3CCCCC3N=C(N)N)c2c1. The van der Waals surface area contributed by atoms with E-state index in [-0.39, 0.29) is 41.2 Å². The van der Waals surface area contributed by atoms with Crippen molar-refractivity contribution < 1.29 is 4.79 Å². The van der Waals surface area contributed by atoms with Crippen LogP contribution in [-0.4, -0.2) is 40.0 Å². The fourth-order valence-corrected chi connectivity index (χ4v) is 3.73. The molecule has 1 aliphatic rings. The molecule has 1 amide bonds. The van der Waals surface area contributed by atoms with Gasteiger partial charge in [-0.1, -0.05) is 45.2 Å². The van der Waals surface area contributed by atoms with Gasteiger partial charge in [-0.2, -0.15) is 0 Å². The molecule has 3 rings (SSSR count). The molecule has 168 valence electrons. The first-order valence-corrected chi connectivity index (χ1v) is 11.0. The van der Waals surface area contributed by atoms with Gasteiger partial charge in [0.2, 0.25) is 5.82 Å². The van der Waals surface area contributed by atoms with Crippen LogP contribution in [0.2, 0.25) is 0 Å². The Bertz CT molecular complexity index is 976. The van der Waals surface area contributed by atoms with Crippen molar-refractivity contribution in [2.45, 2.75) is 78.4 Å². The first kappa shape index (κ1) is 22.8. The third kappa shape index (κ3) is 5.62. The maximum Gasteiger partial charge on any atom is 0.289 e. The third-order valence-corrected chi connectivity index (χ3v) is 6.07. The van der Waals surface area contributed by atoms with Crippen LogP contribution in [0.1, 0.15) is 69.6 Å². The Kier molecular flexibility index (Phi) is 6.67. The summed E-state index contributed by atoms with van der Waals surface area (Å²) in [6.07, 6.45) is 4.02. The van der Waals surface area contributed by atoms with Gasteiger partial charge in [0.05, 0.1) is 17.6 Å². The van der Waals surface area contributed by atoms with Gasteiger partial charge in [0.25, 0.3) is 5.91 Å². The molecule has 0 saturated heterocycles. The average Bonchev–Trinajstić information content (AvgIpc) is 2.68. The zero-order chi connectivity index (χ0) is 22.8. The van der Waals surface area contributed by atoms with E-state index >= 15 is 0 Å². The highest BCUT2D eigenvalue weighted by Gasteiger charge is 2.27. The summed E-state index contributed by atoms with van der Waals surface area (Å²) in [5, 5.41) is 7.45. The van der Waals surface area contributed by atoms with Gasteiger partial charge < -0.3 is 22.1 Å². The van der Waals surface area contributed by atoms with Crippen LogP contribution in [0.25, 0.3) is 10.9 Å². The zero-order valence-corrected chi connectivity index (χ0v) is 19.2. The molecule has 1 saturated carbocycles. The number of carbonyl (C=O) groups is 1. The van der Waals surface area contributed by atoms with Crippen LogP contribution in [0.4, 0.5) is 5.82 Å². The number of benzene rings is 1. The molecule has 0 aliphatic heterocycles. The monoisotopic (exact) mass is 425 g/mol. The zero-order valence-electron chi connectivity index (χ0n) is 19.2. The molecule has 0 radical (unpaired) electrons. The number of hydrogen-bond donors (Lipinski definition) is 4. The van der Waals surface area contributed by atoms with Crippen LogP contribution in [0.15, 0.2) is 23.2 Å². The molecule has 8 nitrogen and oxygen atoms in total. The first-order valence-electron chi connectivity index (χ1n) is 11.0. The normalized spacial score (nSPS) is 20.2. The van der Waals surface area contributed by atoms with Crippen molar-refractivity contribution in [1.29, 1.82) is 0 Å². The Morgan fingerprint density at radius 2 is 1.90 bits per heavy atom. The first-order chi connectivity index (χ1) is 14.5. The number of anilines is 1. The number of nitrogens with two attached hydrogens (primary N) is 2. The lowest BCUT2D eigenvalue weighted by Crippen LogP contribution is -2.42. The number of amides is 1. The summed E-state index contributed by atoms with van der Waals surface area (Å²) in [4.78, 5) is 26.6. The minimum absolute atomic E-state index is 0.0215. The molecular weight excluding hydrogens is 390 g/mol. The van der Waals surface area contributed by atoms with Crippen molar-refractivity contribution in [2.24, 2.45) is 21.9 Å². The van der Waals surface area contributed by atoms with Gasteiger partial charge in [0, 0.05) is 11.4 Å². The topological polar surface area (TPSA) is 131 Å². The number of aliphatic imine (C=N–C) groups is 1. The molecule has 0 spiro atoms. The lowest BCUT2D eigenvalue weighted by atomic mass is 9.88. The van der Waals surface area contributed by atoms with Crippen molar-refractivity contribution in [3.8, 4) is 0 Å². The minimum atomic E-state index is -0.280. The molecular formula is C23H35N7O. The lowest BCUT2D eigenvalue weighted by Gasteiger charge is -2.30. The molecule has 2 aromatic rings. The van der Waals surface area contributed by atoms with Crippen LogP contribution in [0, 0.1) is 12.3 Å². The van der Waals surface area contributed by atoms with Crippen LogP contribution in [0.3, 0.4) is 0 Å². The maximum absolute atomic E-state index is 12.9. The summed E-state index contributed by atoms with van der Waals surface area (Å²) in [6, 6.07) is 5.94. The third-order valence-electron chi connectivity index (χ3n) is 6.07. The second-order valence-electron chi connectivity index (χ2n) is 9.63. The largest absolute Gasteiger partial charge is 0.370 e. The summed E-state index contributed by atoms with van der Waals surface area (Å²) >= 11 is 0. The summed E-state index contributed by atoms with van der Waals surface area (Å²) in [5.41, 5.74) is 13.1. The molecule has 6 N–H and O–H groups in total. The van der Waals surface area contributed by atoms with E-state index in [1.165, 1.54) is 0 Å². The van der Waals surface area contributed by atoms with Crippen molar-refractivity contribution in [3.05, 3.63) is 29.6 Å². The Morgan fingerprint density at radius 1 is 1.19 bits per heavy atom. The van der Waals surface area contributed by atoms with E-state index < -0.39 is 0 Å². The Hall–Kier alpha value is -2.90. The predicted octanol–water partition coefficient (Wildman–Crippen LogP) is 3.10. The molecule has 31 heavy (non-hydrogen) atoms. The molecule has 1 aromatic carbocycles. The van der Waals surface area contributed by atoms with Gasteiger partial charge in [-0.3, -0.25) is 4.79 Å². The van der Waals surface area contributed by atoms with E-state index in [2.05, 4.69) is 46.4 Å². The van der Waals surface area contributed by atoms with Gasteiger partial charge in [-0.05, 0) is 44.2 Å². The van der Waals surface area contributed by atoms with E-state index in [4.69, 9.17) is 11.5 Å². The molecule has 1 aliphatic carbocycles. The highest BCUT2D eigenvalue weighted by molar-refractivity contribution is 5.96. The van der Waals surface area contributed by atoms with E-state index in [0.717, 1.165) is 42.1 Å². The number of nitrogens with one attached hydrogen (secondary N) is 2. The number of hydrogen-bond acceptors (Lipinski definition) is 5. The van der Waals surface area contributed by atoms with Crippen LogP contribution >= 0.6 is 0 Å².